The van der Waals surface area contributed by atoms with E-state index in [0.717, 1.165) is 6.42 Å². The van der Waals surface area contributed by atoms with Crippen molar-refractivity contribution in [2.24, 2.45) is 5.92 Å². The number of fused-ring (bicyclic) bond motifs is 3. The molecule has 2 aromatic rings. The molecule has 0 aromatic heterocycles. The predicted octanol–water partition coefficient (Wildman–Crippen LogP) is 4.06. The molecular formula is C16H14Cl2N2. The Morgan fingerprint density at radius 2 is 1.70 bits per heavy atom. The lowest BCUT2D eigenvalue weighted by atomic mass is 9.90. The smallest absolute Gasteiger partial charge is 0.0595 e. The topological polar surface area (TPSA) is 24.1 Å². The maximum absolute atomic E-state index is 6.14. The summed E-state index contributed by atoms with van der Waals surface area (Å²) < 4.78 is 0. The molecule has 4 heteroatoms. The molecule has 4 rings (SSSR count). The minimum atomic E-state index is 0.266. The van der Waals surface area contributed by atoms with Gasteiger partial charge in [0.25, 0.3) is 0 Å². The summed E-state index contributed by atoms with van der Waals surface area (Å²) in [4.78, 5) is 0. The van der Waals surface area contributed by atoms with Crippen LogP contribution < -0.4 is 10.9 Å². The summed E-state index contributed by atoms with van der Waals surface area (Å²) in [5.41, 5.74) is 10.9. The molecule has 2 N–H and O–H groups in total. The zero-order chi connectivity index (χ0) is 13.7. The molecule has 102 valence electrons. The summed E-state index contributed by atoms with van der Waals surface area (Å²) >= 11 is 12.1. The lowest BCUT2D eigenvalue weighted by Crippen LogP contribution is -2.27. The maximum Gasteiger partial charge on any atom is 0.0595 e. The first-order valence-corrected chi connectivity index (χ1v) is 7.53. The fraction of sp³-hybridized carbons (Fsp3) is 0.250. The van der Waals surface area contributed by atoms with Crippen LogP contribution in [-0.4, -0.2) is 0 Å². The highest BCUT2D eigenvalue weighted by molar-refractivity contribution is 6.42. The van der Waals surface area contributed by atoms with E-state index in [2.05, 4.69) is 41.2 Å². The van der Waals surface area contributed by atoms with Gasteiger partial charge in [-0.25, -0.2) is 10.9 Å². The van der Waals surface area contributed by atoms with Crippen molar-refractivity contribution >= 4 is 23.2 Å². The number of rotatable bonds is 1. The van der Waals surface area contributed by atoms with Crippen LogP contribution in [0, 0.1) is 5.92 Å². The molecule has 3 unspecified atom stereocenters. The Morgan fingerprint density at radius 1 is 0.900 bits per heavy atom. The quantitative estimate of drug-likeness (QED) is 0.830. The Morgan fingerprint density at radius 3 is 2.55 bits per heavy atom. The van der Waals surface area contributed by atoms with Gasteiger partial charge >= 0.3 is 0 Å². The summed E-state index contributed by atoms with van der Waals surface area (Å²) in [6.07, 6.45) is 1.09. The van der Waals surface area contributed by atoms with Crippen LogP contribution in [0.25, 0.3) is 0 Å². The van der Waals surface area contributed by atoms with E-state index in [4.69, 9.17) is 23.2 Å². The SMILES string of the molecule is Clc1ccc(C2NNC3c4ccccc4CC23)cc1Cl. The Kier molecular flexibility index (Phi) is 3.00. The molecule has 1 saturated heterocycles. The summed E-state index contributed by atoms with van der Waals surface area (Å²) in [6.45, 7) is 0. The van der Waals surface area contributed by atoms with Gasteiger partial charge < -0.3 is 0 Å². The van der Waals surface area contributed by atoms with Crippen LogP contribution in [0.3, 0.4) is 0 Å². The second kappa shape index (κ2) is 4.74. The molecule has 2 aromatic carbocycles. The molecule has 0 radical (unpaired) electrons. The second-order valence-corrected chi connectivity index (χ2v) is 6.30. The number of nitrogens with one attached hydrogen (secondary N) is 2. The number of hydrogen-bond donors (Lipinski definition) is 2. The van der Waals surface area contributed by atoms with Crippen LogP contribution >= 0.6 is 23.2 Å². The number of hydrogen-bond acceptors (Lipinski definition) is 2. The third-order valence-corrected chi connectivity index (χ3v) is 5.14. The zero-order valence-electron chi connectivity index (χ0n) is 10.7. The van der Waals surface area contributed by atoms with E-state index in [-0.39, 0.29) is 6.04 Å². The van der Waals surface area contributed by atoms with Crippen molar-refractivity contribution in [3.05, 3.63) is 69.2 Å². The molecule has 2 aliphatic rings. The highest BCUT2D eigenvalue weighted by Gasteiger charge is 2.42. The average Bonchev–Trinajstić information content (AvgIpc) is 3.00. The van der Waals surface area contributed by atoms with Crippen molar-refractivity contribution in [3.63, 3.8) is 0 Å². The summed E-state index contributed by atoms with van der Waals surface area (Å²) in [6, 6.07) is 15.2. The molecule has 1 aliphatic carbocycles. The van der Waals surface area contributed by atoms with Crippen molar-refractivity contribution in [2.75, 3.05) is 0 Å². The Bertz CT molecular complexity index is 671. The fourth-order valence-electron chi connectivity index (χ4n) is 3.44. The number of hydrazine groups is 1. The molecule has 1 aliphatic heterocycles. The fourth-order valence-corrected chi connectivity index (χ4v) is 3.75. The minimum absolute atomic E-state index is 0.266. The van der Waals surface area contributed by atoms with Crippen LogP contribution in [0.5, 0.6) is 0 Å². The molecule has 1 heterocycles. The van der Waals surface area contributed by atoms with Gasteiger partial charge in [-0.3, -0.25) is 0 Å². The maximum atomic E-state index is 6.14. The van der Waals surface area contributed by atoms with Gasteiger partial charge in [0, 0.05) is 5.92 Å². The molecular weight excluding hydrogens is 291 g/mol. The van der Waals surface area contributed by atoms with Crippen molar-refractivity contribution < 1.29 is 0 Å². The van der Waals surface area contributed by atoms with E-state index in [1.54, 1.807) is 0 Å². The summed E-state index contributed by atoms with van der Waals surface area (Å²) in [5, 5.41) is 1.22. The van der Waals surface area contributed by atoms with Crippen LogP contribution in [0.1, 0.15) is 28.8 Å². The number of benzene rings is 2. The zero-order valence-corrected chi connectivity index (χ0v) is 12.2. The van der Waals surface area contributed by atoms with Crippen LogP contribution in [0.4, 0.5) is 0 Å². The average molecular weight is 305 g/mol. The Hall–Kier alpha value is -1.06. The first-order chi connectivity index (χ1) is 9.74. The second-order valence-electron chi connectivity index (χ2n) is 5.48. The molecule has 3 atom stereocenters. The van der Waals surface area contributed by atoms with Gasteiger partial charge in [0.1, 0.15) is 0 Å². The van der Waals surface area contributed by atoms with E-state index >= 15 is 0 Å². The van der Waals surface area contributed by atoms with E-state index in [1.165, 1.54) is 16.7 Å². The van der Waals surface area contributed by atoms with Gasteiger partial charge in [-0.05, 0) is 35.2 Å². The van der Waals surface area contributed by atoms with Gasteiger partial charge in [0.2, 0.25) is 0 Å². The van der Waals surface area contributed by atoms with Crippen molar-refractivity contribution in [1.82, 2.24) is 10.9 Å². The Balaban J connectivity index is 1.69. The monoisotopic (exact) mass is 304 g/mol. The highest BCUT2D eigenvalue weighted by Crippen LogP contribution is 2.46. The molecule has 20 heavy (non-hydrogen) atoms. The lowest BCUT2D eigenvalue weighted by Gasteiger charge is -2.17. The molecule has 0 spiro atoms. The third-order valence-electron chi connectivity index (χ3n) is 4.40. The van der Waals surface area contributed by atoms with Crippen LogP contribution in [-0.2, 0) is 6.42 Å². The van der Waals surface area contributed by atoms with Crippen molar-refractivity contribution in [2.45, 2.75) is 18.5 Å². The van der Waals surface area contributed by atoms with Gasteiger partial charge in [0.05, 0.1) is 22.1 Å². The van der Waals surface area contributed by atoms with Crippen LogP contribution in [0.2, 0.25) is 10.0 Å². The number of halogens is 2. The predicted molar refractivity (Wildman–Crippen MR) is 81.9 cm³/mol. The highest BCUT2D eigenvalue weighted by atomic mass is 35.5. The third kappa shape index (κ3) is 1.87. The van der Waals surface area contributed by atoms with E-state index in [9.17, 15) is 0 Å². The normalized spacial score (nSPS) is 27.4. The first kappa shape index (κ1) is 12.7. The Labute approximate surface area is 128 Å². The van der Waals surface area contributed by atoms with Gasteiger partial charge in [-0.2, -0.15) is 0 Å². The van der Waals surface area contributed by atoms with Gasteiger partial charge in [-0.1, -0.05) is 53.5 Å². The standard InChI is InChI=1S/C16H14Cl2N2/c17-13-6-5-10(8-14(13)18)15-12-7-9-3-1-2-4-11(9)16(12)20-19-15/h1-6,8,12,15-16,19-20H,7H2. The summed E-state index contributed by atoms with van der Waals surface area (Å²) in [5.74, 6) is 0.518. The molecule has 0 saturated carbocycles. The van der Waals surface area contributed by atoms with Crippen molar-refractivity contribution in [3.8, 4) is 0 Å². The first-order valence-electron chi connectivity index (χ1n) is 6.78. The summed E-state index contributed by atoms with van der Waals surface area (Å²) in [7, 11) is 0. The lowest BCUT2D eigenvalue weighted by molar-refractivity contribution is 0.455. The largest absolute Gasteiger partial charge is 0.249 e. The molecule has 2 nitrogen and oxygen atoms in total. The molecule has 0 amide bonds. The minimum Gasteiger partial charge on any atom is -0.249 e. The molecule has 0 bridgehead atoms. The van der Waals surface area contributed by atoms with E-state index in [0.29, 0.717) is 22.0 Å². The van der Waals surface area contributed by atoms with E-state index < -0.39 is 0 Å². The van der Waals surface area contributed by atoms with E-state index in [1.807, 2.05) is 12.1 Å². The van der Waals surface area contributed by atoms with Crippen molar-refractivity contribution in [1.29, 1.82) is 0 Å². The molecule has 1 fully saturated rings. The van der Waals surface area contributed by atoms with Crippen LogP contribution in [0.15, 0.2) is 42.5 Å². The van der Waals surface area contributed by atoms with Gasteiger partial charge in [-0.15, -0.1) is 0 Å². The van der Waals surface area contributed by atoms with Gasteiger partial charge in [0.15, 0.2) is 0 Å².